The number of hydrogen-bond donors (Lipinski definition) is 0. The monoisotopic (exact) mass is 254 g/mol. The van der Waals surface area contributed by atoms with E-state index in [-0.39, 0.29) is 0 Å². The third-order valence-electron chi connectivity index (χ3n) is 3.13. The zero-order valence-electron chi connectivity index (χ0n) is 11.9. The fourth-order valence-corrected chi connectivity index (χ4v) is 2.20. The van der Waals surface area contributed by atoms with Crippen LogP contribution in [0.4, 0.5) is 0 Å². The molecule has 19 heavy (non-hydrogen) atoms. The molecule has 0 amide bonds. The molecule has 1 heteroatoms. The molecule has 0 atom stereocenters. The maximum absolute atomic E-state index is 5.90. The normalized spacial score (nSPS) is 10.4. The van der Waals surface area contributed by atoms with Gasteiger partial charge in [0.05, 0.1) is 0 Å². The molecule has 0 heterocycles. The molecule has 1 nitrogen and oxygen atoms in total. The lowest BCUT2D eigenvalue weighted by atomic mass is 10.1. The second-order valence-corrected chi connectivity index (χ2v) is 4.89. The molecule has 0 spiro atoms. The van der Waals surface area contributed by atoms with Crippen molar-refractivity contribution in [2.75, 3.05) is 0 Å². The third kappa shape index (κ3) is 4.13. The van der Waals surface area contributed by atoms with Crippen LogP contribution in [0.5, 0.6) is 11.5 Å². The van der Waals surface area contributed by atoms with Gasteiger partial charge in [0.1, 0.15) is 11.5 Å². The summed E-state index contributed by atoms with van der Waals surface area (Å²) in [4.78, 5) is 0. The summed E-state index contributed by atoms with van der Waals surface area (Å²) in [5.74, 6) is 1.84. The van der Waals surface area contributed by atoms with E-state index in [2.05, 4.69) is 56.3 Å². The predicted octanol–water partition coefficient (Wildman–Crippen LogP) is 5.38. The van der Waals surface area contributed by atoms with E-state index in [4.69, 9.17) is 4.74 Å². The van der Waals surface area contributed by atoms with E-state index in [1.54, 1.807) is 0 Å². The fourth-order valence-electron chi connectivity index (χ4n) is 2.20. The van der Waals surface area contributed by atoms with Crippen LogP contribution in [-0.4, -0.2) is 0 Å². The molecule has 0 aliphatic heterocycles. The quantitative estimate of drug-likeness (QED) is 0.672. The van der Waals surface area contributed by atoms with Crippen molar-refractivity contribution in [3.63, 3.8) is 0 Å². The van der Waals surface area contributed by atoms with Gasteiger partial charge in [0.15, 0.2) is 0 Å². The topological polar surface area (TPSA) is 9.23 Å². The van der Waals surface area contributed by atoms with Gasteiger partial charge in [-0.05, 0) is 48.2 Å². The Labute approximate surface area is 116 Å². The Bertz CT molecular complexity index is 499. The molecule has 0 aliphatic carbocycles. The van der Waals surface area contributed by atoms with Gasteiger partial charge >= 0.3 is 0 Å². The Morgan fingerprint density at radius 1 is 0.737 bits per heavy atom. The maximum Gasteiger partial charge on any atom is 0.127 e. The summed E-state index contributed by atoms with van der Waals surface area (Å²) < 4.78 is 5.90. The minimum atomic E-state index is 0.911. The lowest BCUT2D eigenvalue weighted by Crippen LogP contribution is -1.88. The molecular weight excluding hydrogens is 232 g/mol. The summed E-state index contributed by atoms with van der Waals surface area (Å²) in [5.41, 5.74) is 2.71. The number of aryl methyl sites for hydroxylation is 2. The van der Waals surface area contributed by atoms with Crippen LogP contribution < -0.4 is 4.74 Å². The van der Waals surface area contributed by atoms with Crippen LogP contribution in [0.3, 0.4) is 0 Å². The summed E-state index contributed by atoms with van der Waals surface area (Å²) in [7, 11) is 0. The highest BCUT2D eigenvalue weighted by Crippen LogP contribution is 2.23. The minimum Gasteiger partial charge on any atom is -0.457 e. The molecular formula is C18H22O. The Hall–Kier alpha value is -1.76. The number of rotatable bonds is 6. The van der Waals surface area contributed by atoms with Crippen LogP contribution >= 0.6 is 0 Å². The van der Waals surface area contributed by atoms with Crippen molar-refractivity contribution in [1.29, 1.82) is 0 Å². The molecule has 0 unspecified atom stereocenters. The zero-order chi connectivity index (χ0) is 13.5. The standard InChI is InChI=1S/C18H22O/c1-3-6-15-10-12-17(13-11-15)19-18-9-5-8-16(14-18)7-4-2/h5,8-14H,3-4,6-7H2,1-2H3. The summed E-state index contributed by atoms with van der Waals surface area (Å²) in [5, 5.41) is 0. The predicted molar refractivity (Wildman–Crippen MR) is 80.9 cm³/mol. The Morgan fingerprint density at radius 2 is 1.42 bits per heavy atom. The molecule has 100 valence electrons. The summed E-state index contributed by atoms with van der Waals surface area (Å²) in [6.45, 7) is 4.39. The minimum absolute atomic E-state index is 0.911. The zero-order valence-corrected chi connectivity index (χ0v) is 11.9. The average Bonchev–Trinajstić information content (AvgIpc) is 2.42. The van der Waals surface area contributed by atoms with Crippen molar-refractivity contribution in [3.05, 3.63) is 59.7 Å². The molecule has 0 saturated heterocycles. The van der Waals surface area contributed by atoms with Crippen molar-refractivity contribution < 1.29 is 4.74 Å². The average molecular weight is 254 g/mol. The third-order valence-corrected chi connectivity index (χ3v) is 3.13. The van der Waals surface area contributed by atoms with E-state index in [1.165, 1.54) is 17.5 Å². The van der Waals surface area contributed by atoms with Gasteiger partial charge in [0.2, 0.25) is 0 Å². The first kappa shape index (κ1) is 13.7. The molecule has 0 aliphatic rings. The molecule has 0 aromatic heterocycles. The highest BCUT2D eigenvalue weighted by Gasteiger charge is 1.99. The van der Waals surface area contributed by atoms with Gasteiger partial charge < -0.3 is 4.74 Å². The number of ether oxygens (including phenoxy) is 1. The number of hydrogen-bond acceptors (Lipinski definition) is 1. The van der Waals surface area contributed by atoms with E-state index in [0.29, 0.717) is 0 Å². The highest BCUT2D eigenvalue weighted by atomic mass is 16.5. The van der Waals surface area contributed by atoms with Crippen LogP contribution in [0.25, 0.3) is 0 Å². The van der Waals surface area contributed by atoms with E-state index < -0.39 is 0 Å². The molecule has 0 saturated carbocycles. The SMILES string of the molecule is CCCc1ccc(Oc2cccc(CCC)c2)cc1. The van der Waals surface area contributed by atoms with Crippen LogP contribution in [-0.2, 0) is 12.8 Å². The van der Waals surface area contributed by atoms with Gasteiger partial charge in [-0.2, -0.15) is 0 Å². The van der Waals surface area contributed by atoms with Gasteiger partial charge in [0, 0.05) is 0 Å². The first-order valence-electron chi connectivity index (χ1n) is 7.17. The summed E-state index contributed by atoms with van der Waals surface area (Å²) >= 11 is 0. The van der Waals surface area contributed by atoms with E-state index in [1.807, 2.05) is 6.07 Å². The second-order valence-electron chi connectivity index (χ2n) is 4.89. The van der Waals surface area contributed by atoms with Gasteiger partial charge in [-0.3, -0.25) is 0 Å². The molecule has 0 bridgehead atoms. The maximum atomic E-state index is 5.90. The lowest BCUT2D eigenvalue weighted by molar-refractivity contribution is 0.481. The molecule has 0 fully saturated rings. The van der Waals surface area contributed by atoms with Crippen LogP contribution in [0.2, 0.25) is 0 Å². The van der Waals surface area contributed by atoms with Gasteiger partial charge in [-0.15, -0.1) is 0 Å². The van der Waals surface area contributed by atoms with Crippen LogP contribution in [0, 0.1) is 0 Å². The smallest absolute Gasteiger partial charge is 0.127 e. The highest BCUT2D eigenvalue weighted by molar-refractivity contribution is 5.35. The summed E-state index contributed by atoms with van der Waals surface area (Å²) in [6.07, 6.45) is 4.58. The summed E-state index contributed by atoms with van der Waals surface area (Å²) in [6, 6.07) is 16.8. The Morgan fingerprint density at radius 3 is 2.11 bits per heavy atom. The Balaban J connectivity index is 2.05. The first-order chi connectivity index (χ1) is 9.31. The molecule has 2 aromatic rings. The van der Waals surface area contributed by atoms with Crippen LogP contribution in [0.1, 0.15) is 37.8 Å². The van der Waals surface area contributed by atoms with Gasteiger partial charge in [-0.25, -0.2) is 0 Å². The fraction of sp³-hybridized carbons (Fsp3) is 0.333. The van der Waals surface area contributed by atoms with Crippen molar-refractivity contribution in [3.8, 4) is 11.5 Å². The van der Waals surface area contributed by atoms with Crippen molar-refractivity contribution in [2.24, 2.45) is 0 Å². The van der Waals surface area contributed by atoms with Crippen molar-refractivity contribution in [2.45, 2.75) is 39.5 Å². The van der Waals surface area contributed by atoms with Crippen LogP contribution in [0.15, 0.2) is 48.5 Å². The first-order valence-corrected chi connectivity index (χ1v) is 7.17. The Kier molecular flexibility index (Phi) is 5.02. The molecule has 2 rings (SSSR count). The number of benzene rings is 2. The molecule has 0 radical (unpaired) electrons. The molecule has 0 N–H and O–H groups in total. The second kappa shape index (κ2) is 6.98. The lowest BCUT2D eigenvalue weighted by Gasteiger charge is -2.08. The van der Waals surface area contributed by atoms with E-state index in [9.17, 15) is 0 Å². The van der Waals surface area contributed by atoms with E-state index >= 15 is 0 Å². The molecule has 2 aromatic carbocycles. The van der Waals surface area contributed by atoms with Gasteiger partial charge in [-0.1, -0.05) is 51.0 Å². The van der Waals surface area contributed by atoms with Crippen molar-refractivity contribution >= 4 is 0 Å². The van der Waals surface area contributed by atoms with E-state index in [0.717, 1.165) is 30.8 Å². The largest absolute Gasteiger partial charge is 0.457 e. The van der Waals surface area contributed by atoms with Crippen molar-refractivity contribution in [1.82, 2.24) is 0 Å². The van der Waals surface area contributed by atoms with Gasteiger partial charge in [0.25, 0.3) is 0 Å².